The van der Waals surface area contributed by atoms with E-state index in [-0.39, 0.29) is 0 Å². The molecule has 0 bridgehead atoms. The van der Waals surface area contributed by atoms with Crippen molar-refractivity contribution in [2.45, 2.75) is 19.5 Å². The Morgan fingerprint density at radius 3 is 2.44 bits per heavy atom. The summed E-state index contributed by atoms with van der Waals surface area (Å²) < 4.78 is 0. The van der Waals surface area contributed by atoms with E-state index >= 15 is 0 Å². The normalized spacial score (nSPS) is 18.4. The molecule has 16 heavy (non-hydrogen) atoms. The summed E-state index contributed by atoms with van der Waals surface area (Å²) in [6.07, 6.45) is 0. The lowest BCUT2D eigenvalue weighted by atomic mass is 9.95. The maximum Gasteiger partial charge on any atom is 0.0585 e. The van der Waals surface area contributed by atoms with Crippen LogP contribution >= 0.6 is 0 Å². The molecule has 2 aromatic rings. The first-order valence-corrected chi connectivity index (χ1v) is 5.73. The Balaban J connectivity index is 2.08. The monoisotopic (exact) mass is 209 g/mol. The topological polar surface area (TPSA) is 12.0 Å². The third-order valence-electron chi connectivity index (χ3n) is 3.36. The van der Waals surface area contributed by atoms with E-state index in [9.17, 15) is 0 Å². The molecule has 1 heteroatoms. The zero-order valence-corrected chi connectivity index (χ0v) is 9.40. The highest BCUT2D eigenvalue weighted by Gasteiger charge is 2.23. The van der Waals surface area contributed by atoms with Crippen LogP contribution in [0.2, 0.25) is 0 Å². The molecule has 1 nitrogen and oxygen atoms in total. The van der Waals surface area contributed by atoms with Gasteiger partial charge in [-0.2, -0.15) is 0 Å². The van der Waals surface area contributed by atoms with Crippen LogP contribution in [0.15, 0.2) is 48.5 Å². The molecule has 2 aromatic carbocycles. The van der Waals surface area contributed by atoms with E-state index in [0.717, 1.165) is 6.54 Å². The van der Waals surface area contributed by atoms with Crippen molar-refractivity contribution >= 4 is 0 Å². The molecule has 0 aromatic heterocycles. The minimum absolute atomic E-state index is 0.373. The fraction of sp³-hybridized carbons (Fsp3) is 0.200. The summed E-state index contributed by atoms with van der Waals surface area (Å²) in [7, 11) is 0. The molecule has 0 aliphatic carbocycles. The fourth-order valence-corrected chi connectivity index (χ4v) is 2.49. The van der Waals surface area contributed by atoms with Crippen LogP contribution in [0.1, 0.15) is 28.3 Å². The standard InChI is InChI=1S/C15H15N/c1-11-6-2-4-8-13(11)15-14-9-5-3-7-12(14)10-16-15/h2-9,15-16H,10H2,1H3. The molecular weight excluding hydrogens is 194 g/mol. The van der Waals surface area contributed by atoms with E-state index in [4.69, 9.17) is 0 Å². The number of nitrogens with one attached hydrogen (secondary N) is 1. The van der Waals surface area contributed by atoms with Gasteiger partial charge in [0.15, 0.2) is 0 Å². The van der Waals surface area contributed by atoms with E-state index in [1.807, 2.05) is 0 Å². The zero-order valence-electron chi connectivity index (χ0n) is 9.40. The van der Waals surface area contributed by atoms with Gasteiger partial charge >= 0.3 is 0 Å². The summed E-state index contributed by atoms with van der Waals surface area (Å²) in [5.41, 5.74) is 5.61. The molecule has 3 rings (SSSR count). The predicted molar refractivity (Wildman–Crippen MR) is 66.3 cm³/mol. The van der Waals surface area contributed by atoms with Crippen molar-refractivity contribution in [1.82, 2.24) is 5.32 Å². The SMILES string of the molecule is Cc1ccccc1C1NCc2ccccc21. The largest absolute Gasteiger partial charge is 0.302 e. The van der Waals surface area contributed by atoms with Gasteiger partial charge in [-0.1, -0.05) is 48.5 Å². The Labute approximate surface area is 96.1 Å². The summed E-state index contributed by atoms with van der Waals surface area (Å²) in [6, 6.07) is 17.7. The van der Waals surface area contributed by atoms with Gasteiger partial charge in [-0.05, 0) is 29.2 Å². The molecule has 1 heterocycles. The quantitative estimate of drug-likeness (QED) is 0.760. The number of aryl methyl sites for hydroxylation is 1. The van der Waals surface area contributed by atoms with Gasteiger partial charge < -0.3 is 5.32 Å². The Morgan fingerprint density at radius 2 is 1.62 bits per heavy atom. The zero-order chi connectivity index (χ0) is 11.0. The van der Waals surface area contributed by atoms with Gasteiger partial charge in [0.25, 0.3) is 0 Å². The van der Waals surface area contributed by atoms with Gasteiger partial charge in [0.1, 0.15) is 0 Å². The summed E-state index contributed by atoms with van der Waals surface area (Å²) >= 11 is 0. The molecule has 1 aliphatic heterocycles. The Bertz CT molecular complexity index is 516. The summed E-state index contributed by atoms with van der Waals surface area (Å²) in [5.74, 6) is 0. The summed E-state index contributed by atoms with van der Waals surface area (Å²) in [5, 5.41) is 3.58. The fourth-order valence-electron chi connectivity index (χ4n) is 2.49. The van der Waals surface area contributed by atoms with E-state index in [1.165, 1.54) is 22.3 Å². The minimum atomic E-state index is 0.373. The predicted octanol–water partition coefficient (Wildman–Crippen LogP) is 3.19. The third-order valence-corrected chi connectivity index (χ3v) is 3.36. The minimum Gasteiger partial charge on any atom is -0.302 e. The number of benzene rings is 2. The highest BCUT2D eigenvalue weighted by atomic mass is 14.9. The molecule has 1 atom stereocenters. The van der Waals surface area contributed by atoms with Crippen molar-refractivity contribution in [1.29, 1.82) is 0 Å². The Hall–Kier alpha value is -1.60. The van der Waals surface area contributed by atoms with E-state index in [1.54, 1.807) is 0 Å². The molecule has 0 spiro atoms. The first kappa shape index (κ1) is 9.61. The first-order chi connectivity index (χ1) is 7.86. The lowest BCUT2D eigenvalue weighted by Crippen LogP contribution is -2.14. The van der Waals surface area contributed by atoms with Crippen LogP contribution in [0.4, 0.5) is 0 Å². The van der Waals surface area contributed by atoms with E-state index < -0.39 is 0 Å². The second-order valence-electron chi connectivity index (χ2n) is 4.37. The van der Waals surface area contributed by atoms with Crippen LogP contribution in [-0.4, -0.2) is 0 Å². The Morgan fingerprint density at radius 1 is 0.938 bits per heavy atom. The van der Waals surface area contributed by atoms with Crippen LogP contribution < -0.4 is 5.32 Å². The molecule has 0 amide bonds. The number of fused-ring (bicyclic) bond motifs is 1. The van der Waals surface area contributed by atoms with Gasteiger partial charge in [0.05, 0.1) is 6.04 Å². The first-order valence-electron chi connectivity index (χ1n) is 5.73. The van der Waals surface area contributed by atoms with Crippen molar-refractivity contribution in [3.05, 3.63) is 70.8 Å². The van der Waals surface area contributed by atoms with E-state index in [2.05, 4.69) is 60.8 Å². The smallest absolute Gasteiger partial charge is 0.0585 e. The van der Waals surface area contributed by atoms with Gasteiger partial charge in [0, 0.05) is 6.54 Å². The number of hydrogen-bond donors (Lipinski definition) is 1. The molecular formula is C15H15N. The molecule has 1 aliphatic rings. The molecule has 80 valence electrons. The number of hydrogen-bond acceptors (Lipinski definition) is 1. The van der Waals surface area contributed by atoms with Gasteiger partial charge in [-0.3, -0.25) is 0 Å². The van der Waals surface area contributed by atoms with Crippen molar-refractivity contribution in [3.8, 4) is 0 Å². The van der Waals surface area contributed by atoms with Crippen molar-refractivity contribution < 1.29 is 0 Å². The van der Waals surface area contributed by atoms with Gasteiger partial charge in [-0.25, -0.2) is 0 Å². The van der Waals surface area contributed by atoms with Crippen molar-refractivity contribution in [2.24, 2.45) is 0 Å². The molecule has 0 saturated heterocycles. The van der Waals surface area contributed by atoms with Crippen molar-refractivity contribution in [2.75, 3.05) is 0 Å². The average Bonchev–Trinajstić information content (AvgIpc) is 2.74. The highest BCUT2D eigenvalue weighted by Crippen LogP contribution is 2.31. The highest BCUT2D eigenvalue weighted by molar-refractivity contribution is 5.43. The van der Waals surface area contributed by atoms with Gasteiger partial charge in [0.2, 0.25) is 0 Å². The summed E-state index contributed by atoms with van der Waals surface area (Å²) in [6.45, 7) is 3.16. The van der Waals surface area contributed by atoms with Crippen LogP contribution in [0.5, 0.6) is 0 Å². The van der Waals surface area contributed by atoms with Crippen LogP contribution in [-0.2, 0) is 6.54 Å². The average molecular weight is 209 g/mol. The van der Waals surface area contributed by atoms with E-state index in [0.29, 0.717) is 6.04 Å². The maximum absolute atomic E-state index is 3.58. The second kappa shape index (κ2) is 3.76. The van der Waals surface area contributed by atoms with Gasteiger partial charge in [-0.15, -0.1) is 0 Å². The maximum atomic E-state index is 3.58. The second-order valence-corrected chi connectivity index (χ2v) is 4.37. The molecule has 0 saturated carbocycles. The lowest BCUT2D eigenvalue weighted by Gasteiger charge is -2.15. The molecule has 1 N–H and O–H groups in total. The molecule has 0 radical (unpaired) electrons. The molecule has 0 fully saturated rings. The lowest BCUT2D eigenvalue weighted by molar-refractivity contribution is 0.664. The van der Waals surface area contributed by atoms with Crippen LogP contribution in [0.3, 0.4) is 0 Å². The third kappa shape index (κ3) is 1.44. The van der Waals surface area contributed by atoms with Crippen LogP contribution in [0, 0.1) is 6.92 Å². The molecule has 1 unspecified atom stereocenters. The summed E-state index contributed by atoms with van der Waals surface area (Å²) in [4.78, 5) is 0. The number of rotatable bonds is 1. The van der Waals surface area contributed by atoms with Crippen molar-refractivity contribution in [3.63, 3.8) is 0 Å². The van der Waals surface area contributed by atoms with Crippen LogP contribution in [0.25, 0.3) is 0 Å². The Kier molecular flexibility index (Phi) is 2.26.